The predicted molar refractivity (Wildman–Crippen MR) is 85.9 cm³/mol. The Bertz CT molecular complexity index is 669. The minimum absolute atomic E-state index is 0.0517. The third-order valence-electron chi connectivity index (χ3n) is 3.58. The van der Waals surface area contributed by atoms with Gasteiger partial charge in [-0.3, -0.25) is 4.79 Å². The summed E-state index contributed by atoms with van der Waals surface area (Å²) in [6, 6.07) is 5.87. The molecule has 0 bridgehead atoms. The van der Waals surface area contributed by atoms with Gasteiger partial charge in [-0.25, -0.2) is 0 Å². The predicted octanol–water partition coefficient (Wildman–Crippen LogP) is 3.56. The van der Waals surface area contributed by atoms with Crippen molar-refractivity contribution in [3.8, 4) is 0 Å². The van der Waals surface area contributed by atoms with E-state index in [9.17, 15) is 4.79 Å². The van der Waals surface area contributed by atoms with Crippen LogP contribution in [0.15, 0.2) is 22.7 Å². The molecular weight excluding hydrogens is 278 g/mol. The van der Waals surface area contributed by atoms with E-state index in [-0.39, 0.29) is 11.3 Å². The quantitative estimate of drug-likeness (QED) is 0.937. The molecule has 1 amide bonds. The second kappa shape index (κ2) is 6.30. The molecule has 0 saturated carbocycles. The Morgan fingerprint density at radius 2 is 2.00 bits per heavy atom. The molecule has 0 unspecified atom stereocenters. The van der Waals surface area contributed by atoms with E-state index < -0.39 is 0 Å². The van der Waals surface area contributed by atoms with Crippen LogP contribution in [0, 0.1) is 13.8 Å². The van der Waals surface area contributed by atoms with Gasteiger partial charge >= 0.3 is 0 Å². The standard InChI is InChI=1S/C17H23N3O2/c1-11-7-6-8-13(12(11)2)18-14(21)9-10-15-19-16(20-22-15)17(3,4)5/h6-8H,9-10H2,1-5H3,(H,18,21). The van der Waals surface area contributed by atoms with E-state index in [2.05, 4.69) is 15.5 Å². The van der Waals surface area contributed by atoms with E-state index in [4.69, 9.17) is 4.52 Å². The molecular formula is C17H23N3O2. The van der Waals surface area contributed by atoms with Gasteiger partial charge in [0.2, 0.25) is 11.8 Å². The molecule has 0 atom stereocenters. The molecule has 1 aromatic heterocycles. The molecule has 1 N–H and O–H groups in total. The van der Waals surface area contributed by atoms with Crippen LogP contribution in [0.2, 0.25) is 0 Å². The Labute approximate surface area is 131 Å². The summed E-state index contributed by atoms with van der Waals surface area (Å²) in [5.74, 6) is 1.11. The molecule has 0 fully saturated rings. The number of nitrogens with one attached hydrogen (secondary N) is 1. The van der Waals surface area contributed by atoms with Crippen molar-refractivity contribution in [2.45, 2.75) is 52.9 Å². The summed E-state index contributed by atoms with van der Waals surface area (Å²) in [7, 11) is 0. The highest BCUT2D eigenvalue weighted by molar-refractivity contribution is 5.91. The second-order valence-corrected chi connectivity index (χ2v) is 6.56. The van der Waals surface area contributed by atoms with Gasteiger partial charge in [-0.05, 0) is 31.0 Å². The zero-order valence-corrected chi connectivity index (χ0v) is 13.9. The Hall–Kier alpha value is -2.17. The fourth-order valence-corrected chi connectivity index (χ4v) is 1.98. The van der Waals surface area contributed by atoms with E-state index in [1.54, 1.807) is 0 Å². The number of nitrogens with zero attached hydrogens (tertiary/aromatic N) is 2. The molecule has 0 saturated heterocycles. The minimum Gasteiger partial charge on any atom is -0.339 e. The van der Waals surface area contributed by atoms with Gasteiger partial charge in [0.1, 0.15) is 0 Å². The third kappa shape index (κ3) is 3.93. The van der Waals surface area contributed by atoms with Crippen molar-refractivity contribution in [2.75, 3.05) is 5.32 Å². The molecule has 2 aromatic rings. The summed E-state index contributed by atoms with van der Waals surface area (Å²) < 4.78 is 5.19. The fourth-order valence-electron chi connectivity index (χ4n) is 1.98. The normalized spacial score (nSPS) is 11.5. The lowest BCUT2D eigenvalue weighted by Crippen LogP contribution is -2.14. The van der Waals surface area contributed by atoms with E-state index in [0.717, 1.165) is 16.8 Å². The first kappa shape index (κ1) is 16.2. The number of hydrogen-bond acceptors (Lipinski definition) is 4. The van der Waals surface area contributed by atoms with E-state index in [0.29, 0.717) is 24.6 Å². The summed E-state index contributed by atoms with van der Waals surface area (Å²) in [5, 5.41) is 6.89. The first-order chi connectivity index (χ1) is 10.3. The molecule has 1 aromatic carbocycles. The topological polar surface area (TPSA) is 68.0 Å². The number of carbonyl (C=O) groups is 1. The molecule has 2 rings (SSSR count). The molecule has 0 aliphatic carbocycles. The van der Waals surface area contributed by atoms with Crippen LogP contribution in [0.25, 0.3) is 0 Å². The summed E-state index contributed by atoms with van der Waals surface area (Å²) in [5.41, 5.74) is 2.95. The number of carbonyl (C=O) groups excluding carboxylic acids is 1. The van der Waals surface area contributed by atoms with Crippen molar-refractivity contribution in [1.29, 1.82) is 0 Å². The fraction of sp³-hybridized carbons (Fsp3) is 0.471. The number of amides is 1. The van der Waals surface area contributed by atoms with Crippen LogP contribution in [-0.4, -0.2) is 16.0 Å². The van der Waals surface area contributed by atoms with Crippen molar-refractivity contribution in [2.24, 2.45) is 0 Å². The molecule has 22 heavy (non-hydrogen) atoms. The molecule has 118 valence electrons. The minimum atomic E-state index is -0.150. The van der Waals surface area contributed by atoms with Crippen LogP contribution in [0.3, 0.4) is 0 Å². The Kier molecular flexibility index (Phi) is 4.64. The highest BCUT2D eigenvalue weighted by Gasteiger charge is 2.21. The van der Waals surface area contributed by atoms with Crippen molar-refractivity contribution in [3.05, 3.63) is 41.0 Å². The van der Waals surface area contributed by atoms with Crippen molar-refractivity contribution >= 4 is 11.6 Å². The van der Waals surface area contributed by atoms with Gasteiger partial charge in [-0.1, -0.05) is 38.1 Å². The molecule has 0 spiro atoms. The molecule has 1 heterocycles. The van der Waals surface area contributed by atoms with Gasteiger partial charge < -0.3 is 9.84 Å². The lowest BCUT2D eigenvalue weighted by Gasteiger charge is -2.11. The van der Waals surface area contributed by atoms with Crippen LogP contribution < -0.4 is 5.32 Å². The number of aromatic nitrogens is 2. The van der Waals surface area contributed by atoms with Gasteiger partial charge in [-0.2, -0.15) is 4.98 Å². The first-order valence-corrected chi connectivity index (χ1v) is 7.46. The van der Waals surface area contributed by atoms with Gasteiger partial charge in [0.15, 0.2) is 5.82 Å². The van der Waals surface area contributed by atoms with Crippen LogP contribution >= 0.6 is 0 Å². The Balaban J connectivity index is 1.93. The maximum Gasteiger partial charge on any atom is 0.227 e. The number of rotatable bonds is 4. The summed E-state index contributed by atoms with van der Waals surface area (Å²) in [4.78, 5) is 16.4. The van der Waals surface area contributed by atoms with Crippen LogP contribution in [-0.2, 0) is 16.6 Å². The first-order valence-electron chi connectivity index (χ1n) is 7.46. The number of benzene rings is 1. The zero-order valence-electron chi connectivity index (χ0n) is 13.9. The van der Waals surface area contributed by atoms with Gasteiger partial charge in [-0.15, -0.1) is 0 Å². The smallest absolute Gasteiger partial charge is 0.227 e. The zero-order chi connectivity index (χ0) is 16.3. The van der Waals surface area contributed by atoms with Crippen LogP contribution in [0.5, 0.6) is 0 Å². The highest BCUT2D eigenvalue weighted by Crippen LogP contribution is 2.20. The SMILES string of the molecule is Cc1cccc(NC(=O)CCc2nc(C(C)(C)C)no2)c1C. The summed E-state index contributed by atoms with van der Waals surface area (Å²) in [6.45, 7) is 10.1. The van der Waals surface area contributed by atoms with Crippen LogP contribution in [0.1, 0.15) is 50.0 Å². The van der Waals surface area contributed by atoms with Crippen molar-refractivity contribution in [1.82, 2.24) is 10.1 Å². The van der Waals surface area contributed by atoms with Gasteiger partial charge in [0.05, 0.1) is 0 Å². The number of aryl methyl sites for hydroxylation is 2. The molecule has 5 nitrogen and oxygen atoms in total. The average Bonchev–Trinajstić information content (AvgIpc) is 2.91. The average molecular weight is 301 g/mol. The Morgan fingerprint density at radius 1 is 1.27 bits per heavy atom. The maximum atomic E-state index is 12.1. The van der Waals surface area contributed by atoms with E-state index in [1.165, 1.54) is 0 Å². The lowest BCUT2D eigenvalue weighted by atomic mass is 9.96. The molecule has 0 aliphatic heterocycles. The largest absolute Gasteiger partial charge is 0.339 e. The number of hydrogen-bond donors (Lipinski definition) is 1. The molecule has 0 radical (unpaired) electrons. The number of anilines is 1. The van der Waals surface area contributed by atoms with Crippen LogP contribution in [0.4, 0.5) is 5.69 Å². The monoisotopic (exact) mass is 301 g/mol. The van der Waals surface area contributed by atoms with E-state index in [1.807, 2.05) is 52.8 Å². The maximum absolute atomic E-state index is 12.1. The summed E-state index contributed by atoms with van der Waals surface area (Å²) in [6.07, 6.45) is 0.763. The summed E-state index contributed by atoms with van der Waals surface area (Å²) >= 11 is 0. The third-order valence-corrected chi connectivity index (χ3v) is 3.58. The van der Waals surface area contributed by atoms with Gasteiger partial charge in [0, 0.05) is 23.9 Å². The highest BCUT2D eigenvalue weighted by atomic mass is 16.5. The lowest BCUT2D eigenvalue weighted by molar-refractivity contribution is -0.116. The van der Waals surface area contributed by atoms with E-state index >= 15 is 0 Å². The van der Waals surface area contributed by atoms with Gasteiger partial charge in [0.25, 0.3) is 0 Å². The Morgan fingerprint density at radius 3 is 2.64 bits per heavy atom. The molecule has 5 heteroatoms. The van der Waals surface area contributed by atoms with Crippen molar-refractivity contribution in [3.63, 3.8) is 0 Å². The molecule has 0 aliphatic rings. The van der Waals surface area contributed by atoms with Crippen molar-refractivity contribution < 1.29 is 9.32 Å². The second-order valence-electron chi connectivity index (χ2n) is 6.56.